The minimum absolute atomic E-state index is 0.167. The van der Waals surface area contributed by atoms with E-state index in [0.717, 1.165) is 16.7 Å². The zero-order valence-corrected chi connectivity index (χ0v) is 19.9. The number of aliphatic carboxylic acids is 1. The Kier molecular flexibility index (Phi) is 9.26. The number of rotatable bonds is 6. The summed E-state index contributed by atoms with van der Waals surface area (Å²) in [6, 6.07) is 6.57. The maximum absolute atomic E-state index is 12.6. The van der Waals surface area contributed by atoms with Gasteiger partial charge in [-0.15, -0.1) is 0 Å². The van der Waals surface area contributed by atoms with Crippen LogP contribution in [-0.4, -0.2) is 52.0 Å². The van der Waals surface area contributed by atoms with E-state index in [1.807, 2.05) is 12.1 Å². The van der Waals surface area contributed by atoms with Crippen molar-refractivity contribution in [2.75, 3.05) is 35.0 Å². The van der Waals surface area contributed by atoms with Gasteiger partial charge in [-0.1, -0.05) is 6.07 Å². The number of carbonyl (C=O) groups is 2. The molecule has 184 valence electrons. The SMILES string of the molecule is COc1cc2c(c(OC)c1OC)-c1ccc(OC)c(=O)cc1[C@@H](NC(C)=O)CC2.NCC(=O)O. The topological polar surface area (TPSA) is 146 Å². The fourth-order valence-electron chi connectivity index (χ4n) is 3.86. The molecule has 10 heteroatoms. The molecular formula is C24H30N2O8. The monoisotopic (exact) mass is 474 g/mol. The number of methoxy groups -OCH3 is 4. The first-order valence-corrected chi connectivity index (χ1v) is 10.5. The first-order valence-electron chi connectivity index (χ1n) is 10.5. The third kappa shape index (κ3) is 5.76. The second-order valence-corrected chi connectivity index (χ2v) is 7.35. The minimum atomic E-state index is -0.968. The molecule has 2 aromatic carbocycles. The summed E-state index contributed by atoms with van der Waals surface area (Å²) >= 11 is 0. The van der Waals surface area contributed by atoms with Gasteiger partial charge in [0.25, 0.3) is 0 Å². The van der Waals surface area contributed by atoms with Gasteiger partial charge in [0.15, 0.2) is 17.2 Å². The van der Waals surface area contributed by atoms with Gasteiger partial charge in [0, 0.05) is 12.5 Å². The Labute approximate surface area is 197 Å². The maximum atomic E-state index is 12.6. The summed E-state index contributed by atoms with van der Waals surface area (Å²) in [5.41, 5.74) is 7.58. The van der Waals surface area contributed by atoms with Crippen LogP contribution in [0, 0.1) is 0 Å². The quantitative estimate of drug-likeness (QED) is 0.571. The molecule has 34 heavy (non-hydrogen) atoms. The summed E-state index contributed by atoms with van der Waals surface area (Å²) in [4.78, 5) is 33.7. The van der Waals surface area contributed by atoms with Crippen LogP contribution in [0.4, 0.5) is 0 Å². The van der Waals surface area contributed by atoms with E-state index in [2.05, 4.69) is 11.1 Å². The average Bonchev–Trinajstić information content (AvgIpc) is 3.06. The van der Waals surface area contributed by atoms with E-state index < -0.39 is 5.97 Å². The van der Waals surface area contributed by atoms with Crippen LogP contribution in [0.3, 0.4) is 0 Å². The molecule has 4 N–H and O–H groups in total. The van der Waals surface area contributed by atoms with Crippen LogP contribution in [0.1, 0.15) is 30.5 Å². The number of hydrogen-bond donors (Lipinski definition) is 3. The molecule has 1 aliphatic carbocycles. The van der Waals surface area contributed by atoms with E-state index in [1.54, 1.807) is 27.4 Å². The number of nitrogens with one attached hydrogen (secondary N) is 1. The van der Waals surface area contributed by atoms with E-state index in [9.17, 15) is 14.4 Å². The number of carbonyl (C=O) groups excluding carboxylic acids is 1. The summed E-state index contributed by atoms with van der Waals surface area (Å²) in [5, 5.41) is 10.6. The van der Waals surface area contributed by atoms with Gasteiger partial charge in [0.1, 0.15) is 0 Å². The Hall–Kier alpha value is -3.79. The normalized spacial score (nSPS) is 13.6. The van der Waals surface area contributed by atoms with Crippen LogP contribution in [0.15, 0.2) is 29.1 Å². The fourth-order valence-corrected chi connectivity index (χ4v) is 3.86. The van der Waals surface area contributed by atoms with Gasteiger partial charge in [-0.25, -0.2) is 0 Å². The van der Waals surface area contributed by atoms with Crippen LogP contribution in [0.5, 0.6) is 23.0 Å². The summed E-state index contributed by atoms with van der Waals surface area (Å²) in [7, 11) is 6.14. The molecule has 0 aromatic heterocycles. The van der Waals surface area contributed by atoms with Crippen molar-refractivity contribution in [3.05, 3.63) is 45.6 Å². The molecular weight excluding hydrogens is 444 g/mol. The lowest BCUT2D eigenvalue weighted by molar-refractivity contribution is -0.135. The Balaban J connectivity index is 0.000000739. The molecule has 10 nitrogen and oxygen atoms in total. The van der Waals surface area contributed by atoms with Gasteiger partial charge in [0.05, 0.1) is 41.0 Å². The lowest BCUT2D eigenvalue weighted by atomic mass is 9.95. The number of hydrogen-bond acceptors (Lipinski definition) is 8. The first kappa shape index (κ1) is 26.5. The van der Waals surface area contributed by atoms with Crippen LogP contribution >= 0.6 is 0 Å². The molecule has 0 bridgehead atoms. The third-order valence-corrected chi connectivity index (χ3v) is 5.27. The highest BCUT2D eigenvalue weighted by Crippen LogP contribution is 2.50. The van der Waals surface area contributed by atoms with Crippen molar-refractivity contribution in [2.45, 2.75) is 25.8 Å². The number of benzene rings is 1. The highest BCUT2D eigenvalue weighted by atomic mass is 16.5. The third-order valence-electron chi connectivity index (χ3n) is 5.27. The van der Waals surface area contributed by atoms with Crippen molar-refractivity contribution >= 4 is 11.9 Å². The zero-order chi connectivity index (χ0) is 25.4. The predicted molar refractivity (Wildman–Crippen MR) is 126 cm³/mol. The Morgan fingerprint density at radius 1 is 1.03 bits per heavy atom. The second-order valence-electron chi connectivity index (χ2n) is 7.35. The lowest BCUT2D eigenvalue weighted by Gasteiger charge is -2.19. The number of nitrogens with two attached hydrogens (primary N) is 1. The molecule has 0 radical (unpaired) electrons. The van der Waals surface area contributed by atoms with Crippen molar-refractivity contribution in [1.82, 2.24) is 5.32 Å². The van der Waals surface area contributed by atoms with Crippen molar-refractivity contribution in [1.29, 1.82) is 0 Å². The number of ether oxygens (including phenoxy) is 4. The highest BCUT2D eigenvalue weighted by molar-refractivity contribution is 5.83. The number of carboxylic acid groups (broad SMARTS) is 1. The number of fused-ring (bicyclic) bond motifs is 3. The molecule has 1 atom stereocenters. The average molecular weight is 475 g/mol. The van der Waals surface area contributed by atoms with Gasteiger partial charge in [0.2, 0.25) is 17.1 Å². The van der Waals surface area contributed by atoms with Gasteiger partial charge < -0.3 is 35.1 Å². The van der Waals surface area contributed by atoms with Gasteiger partial charge >= 0.3 is 5.97 Å². The van der Waals surface area contributed by atoms with E-state index >= 15 is 0 Å². The highest BCUT2D eigenvalue weighted by Gasteiger charge is 2.29. The summed E-state index contributed by atoms with van der Waals surface area (Å²) in [6.07, 6.45) is 1.27. The number of carboxylic acids is 1. The van der Waals surface area contributed by atoms with Crippen LogP contribution in [-0.2, 0) is 16.0 Å². The summed E-state index contributed by atoms with van der Waals surface area (Å²) in [5.74, 6) is 0.637. The van der Waals surface area contributed by atoms with Crippen molar-refractivity contribution < 1.29 is 33.6 Å². The van der Waals surface area contributed by atoms with E-state index in [0.29, 0.717) is 35.7 Å². The van der Waals surface area contributed by atoms with Crippen molar-refractivity contribution in [2.24, 2.45) is 5.73 Å². The molecule has 0 saturated heterocycles. The molecule has 0 fully saturated rings. The summed E-state index contributed by atoms with van der Waals surface area (Å²) < 4.78 is 22.0. The van der Waals surface area contributed by atoms with Crippen molar-refractivity contribution in [3.63, 3.8) is 0 Å². The zero-order valence-electron chi connectivity index (χ0n) is 19.9. The maximum Gasteiger partial charge on any atom is 0.317 e. The van der Waals surface area contributed by atoms with Crippen LogP contribution < -0.4 is 35.4 Å². The fraction of sp³-hybridized carbons (Fsp3) is 0.375. The van der Waals surface area contributed by atoms with Crippen molar-refractivity contribution in [3.8, 4) is 34.1 Å². The van der Waals surface area contributed by atoms with Crippen LogP contribution in [0.2, 0.25) is 0 Å². The van der Waals surface area contributed by atoms with Gasteiger partial charge in [-0.05, 0) is 47.7 Å². The Morgan fingerprint density at radius 3 is 2.15 bits per heavy atom. The Morgan fingerprint density at radius 2 is 1.65 bits per heavy atom. The largest absolute Gasteiger partial charge is 0.493 e. The molecule has 0 saturated carbocycles. The van der Waals surface area contributed by atoms with E-state index in [4.69, 9.17) is 24.1 Å². The first-order chi connectivity index (χ1) is 16.2. The van der Waals surface area contributed by atoms with Crippen LogP contribution in [0.25, 0.3) is 11.1 Å². The molecule has 0 heterocycles. The van der Waals surface area contributed by atoms with Gasteiger partial charge in [-0.2, -0.15) is 0 Å². The molecule has 3 rings (SSSR count). The predicted octanol–water partition coefficient (Wildman–Crippen LogP) is 1.90. The Bertz CT molecular complexity index is 1120. The molecule has 2 aromatic rings. The molecule has 0 aliphatic heterocycles. The summed E-state index contributed by atoms with van der Waals surface area (Å²) in [6.45, 7) is 1.19. The molecule has 1 amide bonds. The molecule has 0 unspecified atom stereocenters. The smallest absolute Gasteiger partial charge is 0.317 e. The lowest BCUT2D eigenvalue weighted by Crippen LogP contribution is -2.26. The van der Waals surface area contributed by atoms with E-state index in [1.165, 1.54) is 20.1 Å². The number of aryl methyl sites for hydroxylation is 1. The molecule has 0 spiro atoms. The standard InChI is InChI=1S/C22H25NO6.C2H5NO2/c1-12(24)23-16-8-6-13-10-19(27-3)21(28-4)22(29-5)20(13)14-7-9-18(26-2)17(25)11-15(14)16;3-1-2(4)5/h7,9-11,16H,6,8H2,1-5H3,(H,23,24);1,3H2,(H,4,5)/t16-;/m0./s1. The van der Waals surface area contributed by atoms with Gasteiger partial charge in [-0.3, -0.25) is 14.4 Å². The van der Waals surface area contributed by atoms with E-state index in [-0.39, 0.29) is 29.7 Å². The minimum Gasteiger partial charge on any atom is -0.493 e. The second kappa shape index (κ2) is 11.9. The number of amides is 1. The molecule has 1 aliphatic rings.